The maximum absolute atomic E-state index is 16.7. The van der Waals surface area contributed by atoms with E-state index in [-0.39, 0.29) is 31.0 Å². The lowest BCUT2D eigenvalue weighted by molar-refractivity contribution is -0.131. The summed E-state index contributed by atoms with van der Waals surface area (Å²) in [7, 11) is 1.47. The number of hydrogen-bond donors (Lipinski definition) is 3. The van der Waals surface area contributed by atoms with E-state index >= 15 is 4.39 Å². The number of piperazine rings is 1. The van der Waals surface area contributed by atoms with Gasteiger partial charge in [0.1, 0.15) is 11.5 Å². The molecule has 2 atom stereocenters. The Morgan fingerprint density at radius 2 is 1.88 bits per heavy atom. The molecule has 0 unspecified atom stereocenters. The van der Waals surface area contributed by atoms with Crippen LogP contribution >= 0.6 is 0 Å². The third-order valence-corrected chi connectivity index (χ3v) is 9.67. The van der Waals surface area contributed by atoms with Crippen molar-refractivity contribution in [3.8, 4) is 5.75 Å². The van der Waals surface area contributed by atoms with Crippen LogP contribution in [0, 0.1) is 11.6 Å². The number of hydrazine groups is 2. The van der Waals surface area contributed by atoms with Crippen LogP contribution in [0.15, 0.2) is 48.9 Å². The second kappa shape index (κ2) is 14.1. The number of ether oxygens (including phenoxy) is 2. The topological polar surface area (TPSA) is 118 Å². The fraction of sp³-hybridized carbons (Fsp3) is 0.417. The minimum absolute atomic E-state index is 0. The van der Waals surface area contributed by atoms with Gasteiger partial charge in [-0.1, -0.05) is 12.2 Å². The van der Waals surface area contributed by atoms with Gasteiger partial charge in [0.15, 0.2) is 17.4 Å². The van der Waals surface area contributed by atoms with Gasteiger partial charge in [0, 0.05) is 83.1 Å². The summed E-state index contributed by atoms with van der Waals surface area (Å²) in [5, 5.41) is 2.43. The third-order valence-electron chi connectivity index (χ3n) is 9.67. The van der Waals surface area contributed by atoms with Crippen molar-refractivity contribution in [3.05, 3.63) is 77.4 Å². The van der Waals surface area contributed by atoms with Gasteiger partial charge < -0.3 is 34.6 Å². The summed E-state index contributed by atoms with van der Waals surface area (Å²) >= 11 is 0. The van der Waals surface area contributed by atoms with Gasteiger partial charge in [-0.15, -0.1) is 5.53 Å². The second-order valence-electron chi connectivity index (χ2n) is 13.1. The van der Waals surface area contributed by atoms with Gasteiger partial charge in [-0.25, -0.2) is 13.8 Å². The molecular weight excluding hydrogens is 646 g/mol. The van der Waals surface area contributed by atoms with E-state index < -0.39 is 11.6 Å². The Morgan fingerprint density at radius 1 is 1.06 bits per heavy atom. The van der Waals surface area contributed by atoms with Crippen molar-refractivity contribution >= 4 is 39.7 Å². The van der Waals surface area contributed by atoms with Gasteiger partial charge in [0.25, 0.3) is 5.91 Å². The molecule has 266 valence electrons. The standard InChI is InChI=1S/C36H42F2N8O4.H2/c1-22-15-25(16-23(2)50-22)27-18-28(24-5-4-8-45(21-24)32(47)6-9-46-10-7-40-42-46)33(38)34-29(27)19-30(41-34)36(48)44-13-11-43(12-14-44)35-31(49-3)17-26(37)20-39-35;/h5,7,10,15,17-20,22-23,40-42H,4,6,8-9,11-14,16,21H2,1-3H3;1H/t22-,23+;/m0./s1. The Bertz CT molecular complexity index is 1890. The van der Waals surface area contributed by atoms with Crippen molar-refractivity contribution in [1.82, 2.24) is 35.7 Å². The van der Waals surface area contributed by atoms with Crippen LogP contribution in [0.5, 0.6) is 5.75 Å². The summed E-state index contributed by atoms with van der Waals surface area (Å²) in [6, 6.07) is 4.92. The van der Waals surface area contributed by atoms with E-state index in [0.29, 0.717) is 93.3 Å². The molecule has 14 heteroatoms. The Morgan fingerprint density at radius 3 is 2.62 bits per heavy atom. The van der Waals surface area contributed by atoms with E-state index in [2.05, 4.69) is 27.0 Å². The number of nitrogens with one attached hydrogen (secondary N) is 3. The lowest BCUT2D eigenvalue weighted by atomic mass is 9.89. The minimum atomic E-state index is -0.486. The number of nitrogens with zero attached hydrogens (tertiary/aromatic N) is 5. The fourth-order valence-electron chi connectivity index (χ4n) is 7.22. The highest BCUT2D eigenvalue weighted by Crippen LogP contribution is 2.38. The first kappa shape index (κ1) is 33.5. The van der Waals surface area contributed by atoms with Crippen molar-refractivity contribution in [1.29, 1.82) is 0 Å². The van der Waals surface area contributed by atoms with Crippen LogP contribution in [-0.4, -0.2) is 102 Å². The average Bonchev–Trinajstić information content (AvgIpc) is 3.81. The number of fused-ring (bicyclic) bond motifs is 1. The number of aromatic amines is 1. The molecule has 2 aromatic heterocycles. The summed E-state index contributed by atoms with van der Waals surface area (Å²) in [6.07, 6.45) is 10.2. The SMILES string of the molecule is COc1cc(F)cnc1N1CCN(C(=O)c2cc3c(C4=C[C@H](C)O[C@H](C)C4)cc(C4=CCCN(C(=O)CCN5C=CNN5)C4)c(F)c3[nH]2)CC1.[HH]. The van der Waals surface area contributed by atoms with Crippen LogP contribution in [0.4, 0.5) is 14.6 Å². The van der Waals surface area contributed by atoms with Gasteiger partial charge in [-0.3, -0.25) is 14.6 Å². The summed E-state index contributed by atoms with van der Waals surface area (Å²) < 4.78 is 41.7. The van der Waals surface area contributed by atoms with E-state index in [1.807, 2.05) is 37.1 Å². The van der Waals surface area contributed by atoms with Crippen LogP contribution in [-0.2, 0) is 9.53 Å². The number of halogens is 2. The summed E-state index contributed by atoms with van der Waals surface area (Å²) in [4.78, 5) is 39.9. The molecule has 50 heavy (non-hydrogen) atoms. The lowest BCUT2D eigenvalue weighted by Crippen LogP contribution is -2.49. The van der Waals surface area contributed by atoms with Crippen LogP contribution < -0.4 is 20.6 Å². The van der Waals surface area contributed by atoms with E-state index in [9.17, 15) is 14.0 Å². The van der Waals surface area contributed by atoms with E-state index in [4.69, 9.17) is 9.47 Å². The molecule has 3 aromatic rings. The van der Waals surface area contributed by atoms with Crippen molar-refractivity contribution < 1.29 is 29.3 Å². The predicted molar refractivity (Wildman–Crippen MR) is 188 cm³/mol. The van der Waals surface area contributed by atoms with Crippen molar-refractivity contribution in [3.63, 3.8) is 0 Å². The van der Waals surface area contributed by atoms with Crippen LogP contribution in [0.3, 0.4) is 0 Å². The Labute approximate surface area is 290 Å². The highest BCUT2D eigenvalue weighted by atomic mass is 19.1. The van der Waals surface area contributed by atoms with Crippen molar-refractivity contribution in [2.75, 3.05) is 57.8 Å². The molecular formula is C36H44F2N8O4. The monoisotopic (exact) mass is 690 g/mol. The van der Waals surface area contributed by atoms with Gasteiger partial charge in [0.2, 0.25) is 5.91 Å². The molecule has 4 aliphatic heterocycles. The summed E-state index contributed by atoms with van der Waals surface area (Å²) in [5.74, 6) is -0.319. The molecule has 3 N–H and O–H groups in total. The molecule has 1 fully saturated rings. The Balaban J connectivity index is 0.00000448. The van der Waals surface area contributed by atoms with Gasteiger partial charge in [-0.2, -0.15) is 0 Å². The highest BCUT2D eigenvalue weighted by Gasteiger charge is 2.30. The number of pyridine rings is 1. The zero-order valence-electron chi connectivity index (χ0n) is 28.5. The van der Waals surface area contributed by atoms with Crippen molar-refractivity contribution in [2.45, 2.75) is 45.3 Å². The molecule has 4 aliphatic rings. The first-order valence-corrected chi connectivity index (χ1v) is 17.1. The maximum atomic E-state index is 16.7. The molecule has 0 radical (unpaired) electrons. The second-order valence-corrected chi connectivity index (χ2v) is 13.1. The largest absolute Gasteiger partial charge is 0.493 e. The number of methoxy groups -OCH3 is 1. The first-order chi connectivity index (χ1) is 24.2. The zero-order chi connectivity index (χ0) is 34.9. The van der Waals surface area contributed by atoms with Gasteiger partial charge >= 0.3 is 0 Å². The summed E-state index contributed by atoms with van der Waals surface area (Å²) in [6.45, 7) is 7.09. The van der Waals surface area contributed by atoms with E-state index in [1.165, 1.54) is 13.2 Å². The number of rotatable bonds is 8. The minimum Gasteiger partial charge on any atom is -0.493 e. The molecule has 12 nitrogen and oxygen atoms in total. The highest BCUT2D eigenvalue weighted by molar-refractivity contribution is 6.03. The Hall–Kier alpha value is -4.95. The number of aromatic nitrogens is 2. The lowest BCUT2D eigenvalue weighted by Gasteiger charge is -2.35. The number of carbonyl (C=O) groups is 2. The van der Waals surface area contributed by atoms with Gasteiger partial charge in [-0.05, 0) is 55.5 Å². The van der Waals surface area contributed by atoms with Crippen LogP contribution in [0.1, 0.15) is 56.2 Å². The van der Waals surface area contributed by atoms with E-state index in [1.54, 1.807) is 27.1 Å². The molecule has 1 aromatic carbocycles. The molecule has 1 saturated heterocycles. The van der Waals surface area contributed by atoms with Crippen LogP contribution in [0.2, 0.25) is 0 Å². The Kier molecular flexibility index (Phi) is 9.47. The number of amides is 2. The number of benzene rings is 1. The van der Waals surface area contributed by atoms with Crippen molar-refractivity contribution in [2.24, 2.45) is 0 Å². The molecule has 0 bridgehead atoms. The van der Waals surface area contributed by atoms with E-state index in [0.717, 1.165) is 22.9 Å². The molecule has 6 heterocycles. The molecule has 0 spiro atoms. The average molecular weight is 691 g/mol. The number of anilines is 1. The van der Waals surface area contributed by atoms with Crippen LogP contribution in [0.25, 0.3) is 22.0 Å². The predicted octanol–water partition coefficient (Wildman–Crippen LogP) is 4.44. The molecule has 0 aliphatic carbocycles. The number of H-pyrrole nitrogens is 1. The smallest absolute Gasteiger partial charge is 0.270 e. The van der Waals surface area contributed by atoms with Gasteiger partial charge in [0.05, 0.1) is 31.0 Å². The first-order valence-electron chi connectivity index (χ1n) is 17.1. The third kappa shape index (κ3) is 6.77. The molecule has 0 saturated carbocycles. The normalized spacial score (nSPS) is 21.0. The molecule has 7 rings (SSSR count). The number of hydrogen-bond acceptors (Lipinski definition) is 9. The fourth-order valence-corrected chi connectivity index (χ4v) is 7.22. The summed E-state index contributed by atoms with van der Waals surface area (Å²) in [5.41, 5.74) is 9.39. The zero-order valence-corrected chi connectivity index (χ0v) is 28.5. The quantitative estimate of drug-likeness (QED) is 0.316. The number of carbonyl (C=O) groups excluding carboxylic acids is 2. The maximum Gasteiger partial charge on any atom is 0.270 e. The molecule has 2 amide bonds.